The topological polar surface area (TPSA) is 41.4 Å². The van der Waals surface area contributed by atoms with E-state index in [2.05, 4.69) is 23.8 Å². The molecular weight excluding hydrogens is 319 g/mol. The molecule has 1 amide bonds. The number of likely N-dealkylation sites (tertiary alicyclic amines) is 1. The number of amides is 1. The predicted molar refractivity (Wildman–Crippen MR) is 92.6 cm³/mol. The molecular formula is C19H23FN4O. The molecule has 1 aromatic carbocycles. The molecule has 2 aliphatic heterocycles. The van der Waals surface area contributed by atoms with Gasteiger partial charge in [-0.15, -0.1) is 0 Å². The van der Waals surface area contributed by atoms with Crippen LogP contribution in [0.4, 0.5) is 4.39 Å². The molecule has 0 bridgehead atoms. The molecule has 25 heavy (non-hydrogen) atoms. The number of fused-ring (bicyclic) bond motifs is 1. The number of hydrogen-bond donors (Lipinski definition) is 0. The smallest absolute Gasteiger partial charge is 0.274 e. The summed E-state index contributed by atoms with van der Waals surface area (Å²) in [6.45, 7) is 7.71. The number of halogens is 1. The lowest BCUT2D eigenvalue weighted by Gasteiger charge is -2.41. The first-order chi connectivity index (χ1) is 12.0. The van der Waals surface area contributed by atoms with Gasteiger partial charge in [-0.25, -0.2) is 4.39 Å². The molecule has 2 aromatic rings. The third kappa shape index (κ3) is 2.95. The molecule has 0 aliphatic carbocycles. The number of benzene rings is 1. The maximum atomic E-state index is 13.1. The standard InChI is InChI=1S/C19H23FN4O/c1-13(2)22-9-10-24-16(12-22)11-17(21-24)19(25)23-8-7-18(23)14-3-5-15(20)6-4-14/h3-6,11,13,18H,7-10,12H2,1-2H3. The maximum absolute atomic E-state index is 13.1. The molecule has 0 N–H and O–H groups in total. The zero-order valence-electron chi connectivity index (χ0n) is 14.7. The van der Waals surface area contributed by atoms with Crippen LogP contribution < -0.4 is 0 Å². The molecule has 1 atom stereocenters. The number of carbonyl (C=O) groups is 1. The molecule has 0 radical (unpaired) electrons. The Morgan fingerprint density at radius 1 is 1.20 bits per heavy atom. The lowest BCUT2D eigenvalue weighted by Crippen LogP contribution is -2.45. The van der Waals surface area contributed by atoms with Crippen molar-refractivity contribution in [3.63, 3.8) is 0 Å². The largest absolute Gasteiger partial charge is 0.330 e. The van der Waals surface area contributed by atoms with E-state index in [-0.39, 0.29) is 17.8 Å². The average Bonchev–Trinajstić information content (AvgIpc) is 2.99. The summed E-state index contributed by atoms with van der Waals surface area (Å²) in [4.78, 5) is 17.1. The fraction of sp³-hybridized carbons (Fsp3) is 0.474. The molecule has 0 spiro atoms. The van der Waals surface area contributed by atoms with E-state index in [1.54, 1.807) is 12.1 Å². The average molecular weight is 342 g/mol. The number of carbonyl (C=O) groups excluding carboxylic acids is 1. The van der Waals surface area contributed by atoms with Gasteiger partial charge < -0.3 is 4.90 Å². The van der Waals surface area contributed by atoms with Crippen LogP contribution in [0.2, 0.25) is 0 Å². The van der Waals surface area contributed by atoms with E-state index in [9.17, 15) is 9.18 Å². The van der Waals surface area contributed by atoms with E-state index in [1.165, 1.54) is 12.1 Å². The second-order valence-electron chi connectivity index (χ2n) is 7.16. The first kappa shape index (κ1) is 16.3. The summed E-state index contributed by atoms with van der Waals surface area (Å²) >= 11 is 0. The van der Waals surface area contributed by atoms with Crippen molar-refractivity contribution in [2.45, 2.75) is 45.4 Å². The summed E-state index contributed by atoms with van der Waals surface area (Å²) in [5.41, 5.74) is 2.60. The van der Waals surface area contributed by atoms with E-state index in [0.717, 1.165) is 43.9 Å². The molecule has 1 saturated heterocycles. The Morgan fingerprint density at radius 2 is 1.96 bits per heavy atom. The molecule has 6 heteroatoms. The van der Waals surface area contributed by atoms with Crippen molar-refractivity contribution in [1.82, 2.24) is 19.6 Å². The Balaban J connectivity index is 1.51. The van der Waals surface area contributed by atoms with Gasteiger partial charge in [-0.05, 0) is 44.0 Å². The van der Waals surface area contributed by atoms with Crippen LogP contribution >= 0.6 is 0 Å². The SMILES string of the molecule is CC(C)N1CCn2nc(C(=O)N3CCC3c3ccc(F)cc3)cc2C1. The van der Waals surface area contributed by atoms with Crippen molar-refractivity contribution in [3.8, 4) is 0 Å². The second-order valence-corrected chi connectivity index (χ2v) is 7.16. The van der Waals surface area contributed by atoms with Crippen LogP contribution in [0.25, 0.3) is 0 Å². The number of hydrogen-bond acceptors (Lipinski definition) is 3. The van der Waals surface area contributed by atoms with Crippen LogP contribution in [-0.2, 0) is 13.1 Å². The number of rotatable bonds is 3. The van der Waals surface area contributed by atoms with Gasteiger partial charge in [0, 0.05) is 25.7 Å². The van der Waals surface area contributed by atoms with E-state index in [0.29, 0.717) is 11.7 Å². The van der Waals surface area contributed by atoms with Crippen LogP contribution in [-0.4, -0.2) is 44.6 Å². The normalized spacial score (nSPS) is 20.5. The van der Waals surface area contributed by atoms with Crippen LogP contribution in [0, 0.1) is 5.82 Å². The van der Waals surface area contributed by atoms with Crippen molar-refractivity contribution in [1.29, 1.82) is 0 Å². The Morgan fingerprint density at radius 3 is 2.60 bits per heavy atom. The number of aromatic nitrogens is 2. The molecule has 4 rings (SSSR count). The zero-order chi connectivity index (χ0) is 17.6. The fourth-order valence-corrected chi connectivity index (χ4v) is 3.64. The molecule has 1 fully saturated rings. The highest BCUT2D eigenvalue weighted by Crippen LogP contribution is 2.34. The van der Waals surface area contributed by atoms with Crippen LogP contribution in [0.15, 0.2) is 30.3 Å². The van der Waals surface area contributed by atoms with Gasteiger partial charge in [0.2, 0.25) is 0 Å². The van der Waals surface area contributed by atoms with E-state index < -0.39 is 0 Å². The Hall–Kier alpha value is -2.21. The van der Waals surface area contributed by atoms with Crippen LogP contribution in [0.1, 0.15) is 48.1 Å². The third-order valence-corrected chi connectivity index (χ3v) is 5.31. The van der Waals surface area contributed by atoms with Crippen LogP contribution in [0.5, 0.6) is 0 Å². The minimum atomic E-state index is -0.252. The second kappa shape index (κ2) is 6.26. The van der Waals surface area contributed by atoms with Crippen molar-refractivity contribution in [3.05, 3.63) is 53.1 Å². The molecule has 3 heterocycles. The summed E-state index contributed by atoms with van der Waals surface area (Å²) < 4.78 is 15.1. The monoisotopic (exact) mass is 342 g/mol. The molecule has 1 unspecified atom stereocenters. The zero-order valence-corrected chi connectivity index (χ0v) is 14.7. The van der Waals surface area contributed by atoms with Crippen LogP contribution in [0.3, 0.4) is 0 Å². The quantitative estimate of drug-likeness (QED) is 0.861. The molecule has 1 aromatic heterocycles. The Labute approximate surface area is 147 Å². The Kier molecular flexibility index (Phi) is 4.07. The van der Waals surface area contributed by atoms with Gasteiger partial charge in [-0.2, -0.15) is 5.10 Å². The molecule has 5 nitrogen and oxygen atoms in total. The first-order valence-corrected chi connectivity index (χ1v) is 8.90. The van der Waals surface area contributed by atoms with E-state index >= 15 is 0 Å². The minimum Gasteiger partial charge on any atom is -0.330 e. The highest BCUT2D eigenvalue weighted by atomic mass is 19.1. The lowest BCUT2D eigenvalue weighted by molar-refractivity contribution is 0.0453. The van der Waals surface area contributed by atoms with Gasteiger partial charge in [0.05, 0.1) is 18.3 Å². The predicted octanol–water partition coefficient (Wildman–Crippen LogP) is 2.83. The molecule has 2 aliphatic rings. The van der Waals surface area contributed by atoms with Gasteiger partial charge in [-0.3, -0.25) is 14.4 Å². The van der Waals surface area contributed by atoms with Gasteiger partial charge in [-0.1, -0.05) is 12.1 Å². The van der Waals surface area contributed by atoms with E-state index in [1.807, 2.05) is 15.6 Å². The summed E-state index contributed by atoms with van der Waals surface area (Å²) in [6.07, 6.45) is 0.909. The summed E-state index contributed by atoms with van der Waals surface area (Å²) in [6, 6.07) is 8.87. The van der Waals surface area contributed by atoms with Crippen molar-refractivity contribution in [2.75, 3.05) is 13.1 Å². The van der Waals surface area contributed by atoms with Crippen molar-refractivity contribution < 1.29 is 9.18 Å². The number of nitrogens with zero attached hydrogens (tertiary/aromatic N) is 4. The summed E-state index contributed by atoms with van der Waals surface area (Å²) in [5.74, 6) is -0.281. The van der Waals surface area contributed by atoms with Crippen molar-refractivity contribution >= 4 is 5.91 Å². The Bertz CT molecular complexity index is 783. The first-order valence-electron chi connectivity index (χ1n) is 8.90. The summed E-state index contributed by atoms with van der Waals surface area (Å²) in [7, 11) is 0. The maximum Gasteiger partial charge on any atom is 0.274 e. The molecule has 132 valence electrons. The fourth-order valence-electron chi connectivity index (χ4n) is 3.64. The molecule has 0 saturated carbocycles. The van der Waals surface area contributed by atoms with Gasteiger partial charge >= 0.3 is 0 Å². The minimum absolute atomic E-state index is 0.0268. The van der Waals surface area contributed by atoms with Gasteiger partial charge in [0.1, 0.15) is 5.82 Å². The third-order valence-electron chi connectivity index (χ3n) is 5.31. The van der Waals surface area contributed by atoms with Crippen molar-refractivity contribution in [2.24, 2.45) is 0 Å². The lowest BCUT2D eigenvalue weighted by atomic mass is 9.94. The summed E-state index contributed by atoms with van der Waals surface area (Å²) in [5, 5.41) is 4.53. The van der Waals surface area contributed by atoms with Gasteiger partial charge in [0.15, 0.2) is 5.69 Å². The highest BCUT2D eigenvalue weighted by Gasteiger charge is 2.35. The highest BCUT2D eigenvalue weighted by molar-refractivity contribution is 5.93. The van der Waals surface area contributed by atoms with Gasteiger partial charge in [0.25, 0.3) is 5.91 Å². The van der Waals surface area contributed by atoms with E-state index in [4.69, 9.17) is 0 Å².